The molecule has 0 aromatic heterocycles. The van der Waals surface area contributed by atoms with E-state index in [1.165, 1.54) is 44.9 Å². The number of nitriles is 1. The third kappa shape index (κ3) is 3.29. The summed E-state index contributed by atoms with van der Waals surface area (Å²) in [5.74, 6) is 4.73. The van der Waals surface area contributed by atoms with Gasteiger partial charge in [0.25, 0.3) is 5.91 Å². The van der Waals surface area contributed by atoms with E-state index in [-0.39, 0.29) is 11.9 Å². The summed E-state index contributed by atoms with van der Waals surface area (Å²) >= 11 is 0. The number of rotatable bonds is 2. The number of carbonyl (C=O) groups excluding carboxylic acids is 1. The van der Waals surface area contributed by atoms with E-state index in [0.29, 0.717) is 23.4 Å². The fourth-order valence-corrected chi connectivity index (χ4v) is 9.87. The molecule has 182 valence electrons. The van der Waals surface area contributed by atoms with Crippen LogP contribution in [0.25, 0.3) is 0 Å². The molecule has 4 saturated carbocycles. The van der Waals surface area contributed by atoms with E-state index in [1.807, 2.05) is 12.1 Å². The molecule has 1 heterocycles. The second kappa shape index (κ2) is 7.82. The third-order valence-electron chi connectivity index (χ3n) is 11.5. The first-order valence-electron chi connectivity index (χ1n) is 13.8. The molecule has 9 atom stereocenters. The zero-order valence-corrected chi connectivity index (χ0v) is 21.1. The Morgan fingerprint density at radius 3 is 2.65 bits per heavy atom. The van der Waals surface area contributed by atoms with E-state index in [9.17, 15) is 15.2 Å². The fourth-order valence-electron chi connectivity index (χ4n) is 9.87. The summed E-state index contributed by atoms with van der Waals surface area (Å²) in [7, 11) is 0. The molecular weight excluding hydrogens is 420 g/mol. The van der Waals surface area contributed by atoms with E-state index >= 15 is 0 Å². The zero-order valence-electron chi connectivity index (χ0n) is 21.1. The summed E-state index contributed by atoms with van der Waals surface area (Å²) in [6.45, 7) is 7.55. The van der Waals surface area contributed by atoms with E-state index in [4.69, 9.17) is 0 Å². The molecule has 1 N–H and O–H groups in total. The molecule has 0 spiro atoms. The smallest absolute Gasteiger partial charge is 0.254 e. The first-order chi connectivity index (χ1) is 16.2. The highest BCUT2D eigenvalue weighted by Gasteiger charge is 2.59. The summed E-state index contributed by atoms with van der Waals surface area (Å²) in [6.07, 6.45) is 11.0. The van der Waals surface area contributed by atoms with Crippen molar-refractivity contribution in [3.05, 3.63) is 34.9 Å². The Balaban J connectivity index is 1.20. The van der Waals surface area contributed by atoms with Crippen LogP contribution in [0.2, 0.25) is 0 Å². The minimum absolute atomic E-state index is 0.155. The van der Waals surface area contributed by atoms with Gasteiger partial charge in [-0.2, -0.15) is 5.26 Å². The largest absolute Gasteiger partial charge is 0.390 e. The van der Waals surface area contributed by atoms with Crippen LogP contribution in [0, 0.1) is 52.3 Å². The molecule has 0 radical (unpaired) electrons. The standard InChI is InChI=1S/C30H40N2O2/c1-18(32-17-21-14-19(16-31)4-6-23(21)28(32)33)26-8-9-27-25-7-5-20-15-29(2,34)12-10-22(20)24(25)11-13-30(26,27)3/h4,6,14,18,20,22,24-27,34H,5,7-13,15,17H2,1-3H3/t18-,20-,22+,24-,25-,26?,27+,29-,30-/m1/s1. The highest BCUT2D eigenvalue weighted by atomic mass is 16.3. The Labute approximate surface area is 204 Å². The lowest BCUT2D eigenvalue weighted by molar-refractivity contribution is -0.103. The van der Waals surface area contributed by atoms with Crippen molar-refractivity contribution in [2.24, 2.45) is 40.9 Å². The summed E-state index contributed by atoms with van der Waals surface area (Å²) in [6, 6.07) is 7.99. The average molecular weight is 461 g/mol. The maximum Gasteiger partial charge on any atom is 0.254 e. The van der Waals surface area contributed by atoms with Crippen LogP contribution in [0.3, 0.4) is 0 Å². The molecule has 0 bridgehead atoms. The van der Waals surface area contributed by atoms with E-state index < -0.39 is 5.60 Å². The van der Waals surface area contributed by atoms with Crippen LogP contribution in [0.4, 0.5) is 0 Å². The van der Waals surface area contributed by atoms with Gasteiger partial charge in [0.2, 0.25) is 0 Å². The van der Waals surface area contributed by atoms with E-state index in [0.717, 1.165) is 53.6 Å². The summed E-state index contributed by atoms with van der Waals surface area (Å²) in [4.78, 5) is 15.4. The number of aliphatic hydroxyl groups is 1. The molecule has 4 heteroatoms. The van der Waals surface area contributed by atoms with Crippen molar-refractivity contribution in [1.82, 2.24) is 4.90 Å². The first-order valence-corrected chi connectivity index (χ1v) is 13.8. The monoisotopic (exact) mass is 460 g/mol. The maximum atomic E-state index is 13.3. The van der Waals surface area contributed by atoms with Crippen LogP contribution in [-0.4, -0.2) is 27.6 Å². The Kier molecular flexibility index (Phi) is 5.20. The van der Waals surface area contributed by atoms with Gasteiger partial charge < -0.3 is 10.0 Å². The first kappa shape index (κ1) is 22.6. The van der Waals surface area contributed by atoms with Crippen LogP contribution in [-0.2, 0) is 6.54 Å². The fraction of sp³-hybridized carbons (Fsp3) is 0.733. The van der Waals surface area contributed by atoms with Gasteiger partial charge in [-0.05, 0) is 136 Å². The second-order valence-electron chi connectivity index (χ2n) is 13.1. The van der Waals surface area contributed by atoms with Gasteiger partial charge in [-0.3, -0.25) is 4.79 Å². The summed E-state index contributed by atoms with van der Waals surface area (Å²) < 4.78 is 0. The topological polar surface area (TPSA) is 64.3 Å². The van der Waals surface area contributed by atoms with Crippen molar-refractivity contribution < 1.29 is 9.90 Å². The normalized spacial score (nSPS) is 44.0. The molecule has 5 aliphatic rings. The minimum atomic E-state index is -0.446. The van der Waals surface area contributed by atoms with Crippen molar-refractivity contribution in [3.63, 3.8) is 0 Å². The van der Waals surface area contributed by atoms with Gasteiger partial charge in [0, 0.05) is 18.2 Å². The van der Waals surface area contributed by atoms with Gasteiger partial charge in [-0.1, -0.05) is 6.92 Å². The van der Waals surface area contributed by atoms with Crippen molar-refractivity contribution in [3.8, 4) is 6.07 Å². The number of carbonyl (C=O) groups is 1. The minimum Gasteiger partial charge on any atom is -0.390 e. The lowest BCUT2D eigenvalue weighted by Gasteiger charge is -2.57. The maximum absolute atomic E-state index is 13.3. The molecule has 1 aliphatic heterocycles. The third-order valence-corrected chi connectivity index (χ3v) is 11.5. The molecule has 1 aromatic carbocycles. The Hall–Kier alpha value is -1.86. The van der Waals surface area contributed by atoms with Crippen molar-refractivity contribution >= 4 is 5.91 Å². The lowest BCUT2D eigenvalue weighted by atomic mass is 9.48. The molecule has 34 heavy (non-hydrogen) atoms. The quantitative estimate of drug-likeness (QED) is 0.595. The van der Waals surface area contributed by atoms with Gasteiger partial charge in [0.15, 0.2) is 0 Å². The molecule has 1 aromatic rings. The number of hydrogen-bond donors (Lipinski definition) is 1. The molecule has 1 amide bonds. The average Bonchev–Trinajstić information content (AvgIpc) is 3.34. The van der Waals surface area contributed by atoms with E-state index in [2.05, 4.69) is 31.7 Å². The van der Waals surface area contributed by atoms with Gasteiger partial charge >= 0.3 is 0 Å². The molecule has 4 aliphatic carbocycles. The van der Waals surface area contributed by atoms with Crippen LogP contribution in [0.5, 0.6) is 0 Å². The SMILES string of the molecule is C[C@H](C1CC[C@H]2[C@@H]3CC[C@@H]4C[C@](C)(O)CC[C@@H]4[C@H]3CC[C@]12C)N1Cc2cc(C#N)ccc2C1=O. The van der Waals surface area contributed by atoms with E-state index in [1.54, 1.807) is 6.07 Å². The molecule has 1 unspecified atom stereocenters. The van der Waals surface area contributed by atoms with Crippen molar-refractivity contribution in [2.45, 2.75) is 96.7 Å². The van der Waals surface area contributed by atoms with Gasteiger partial charge in [0.05, 0.1) is 17.2 Å². The highest BCUT2D eigenvalue weighted by Crippen LogP contribution is 2.65. The van der Waals surface area contributed by atoms with Crippen molar-refractivity contribution in [1.29, 1.82) is 5.26 Å². The molecule has 0 saturated heterocycles. The Morgan fingerprint density at radius 2 is 1.85 bits per heavy atom. The second-order valence-corrected chi connectivity index (χ2v) is 13.1. The summed E-state index contributed by atoms with van der Waals surface area (Å²) in [5, 5.41) is 19.9. The number of benzene rings is 1. The number of hydrogen-bond acceptors (Lipinski definition) is 3. The van der Waals surface area contributed by atoms with Crippen LogP contribution in [0.15, 0.2) is 18.2 Å². The number of amides is 1. The van der Waals surface area contributed by atoms with Gasteiger partial charge in [-0.25, -0.2) is 0 Å². The van der Waals surface area contributed by atoms with Crippen LogP contribution >= 0.6 is 0 Å². The zero-order chi connectivity index (χ0) is 23.8. The predicted octanol–water partition coefficient (Wildman–Crippen LogP) is 5.92. The van der Waals surface area contributed by atoms with Crippen LogP contribution < -0.4 is 0 Å². The molecule has 6 rings (SSSR count). The highest BCUT2D eigenvalue weighted by molar-refractivity contribution is 5.98. The number of nitrogens with zero attached hydrogens (tertiary/aromatic N) is 2. The van der Waals surface area contributed by atoms with Gasteiger partial charge in [-0.15, -0.1) is 0 Å². The Bertz CT molecular complexity index is 1040. The number of fused-ring (bicyclic) bond motifs is 6. The van der Waals surface area contributed by atoms with Gasteiger partial charge in [0.1, 0.15) is 0 Å². The Morgan fingerprint density at radius 1 is 1.06 bits per heavy atom. The van der Waals surface area contributed by atoms with Crippen molar-refractivity contribution in [2.75, 3.05) is 0 Å². The molecule has 4 nitrogen and oxygen atoms in total. The predicted molar refractivity (Wildman–Crippen MR) is 132 cm³/mol. The van der Waals surface area contributed by atoms with Crippen LogP contribution in [0.1, 0.15) is 100 Å². The summed E-state index contributed by atoms with van der Waals surface area (Å²) in [5.41, 5.74) is 2.33. The lowest BCUT2D eigenvalue weighted by Crippen LogP contribution is -2.52. The molecule has 4 fully saturated rings. The molecular formula is C30H40N2O2.